The van der Waals surface area contributed by atoms with Gasteiger partial charge in [0.1, 0.15) is 0 Å². The minimum Gasteiger partial charge on any atom is -0.381 e. The van der Waals surface area contributed by atoms with Gasteiger partial charge in [-0.25, -0.2) is 0 Å². The number of hydrogen-bond acceptors (Lipinski definition) is 3. The van der Waals surface area contributed by atoms with E-state index in [9.17, 15) is 0 Å². The summed E-state index contributed by atoms with van der Waals surface area (Å²) in [6, 6.07) is 9.15. The first kappa shape index (κ1) is 13.4. The van der Waals surface area contributed by atoms with Crippen LogP contribution in [0, 0.1) is 0 Å². The van der Waals surface area contributed by atoms with Gasteiger partial charge in [0, 0.05) is 25.4 Å². The van der Waals surface area contributed by atoms with Gasteiger partial charge in [-0.3, -0.25) is 0 Å². The highest BCUT2D eigenvalue weighted by molar-refractivity contribution is 5.55. The van der Waals surface area contributed by atoms with Crippen LogP contribution in [-0.4, -0.2) is 32.3 Å². The summed E-state index contributed by atoms with van der Waals surface area (Å²) >= 11 is 0. The molecule has 3 nitrogen and oxygen atoms in total. The van der Waals surface area contributed by atoms with E-state index in [0.29, 0.717) is 18.7 Å². The summed E-state index contributed by atoms with van der Waals surface area (Å²) in [6.07, 6.45) is 3.58. The standard InChI is InChI=1S/C15H24N2O/c1-12-11-14(18-2)8-10-17(12)15-6-4-3-5-13(15)7-9-16/h3-6,12,14H,7-11,16H2,1-2H3. The highest BCUT2D eigenvalue weighted by Gasteiger charge is 2.26. The Balaban J connectivity index is 2.16. The second-order valence-corrected chi connectivity index (χ2v) is 5.09. The quantitative estimate of drug-likeness (QED) is 0.887. The fourth-order valence-electron chi connectivity index (χ4n) is 2.86. The zero-order chi connectivity index (χ0) is 13.0. The molecule has 0 radical (unpaired) electrons. The molecular formula is C15H24N2O. The number of benzene rings is 1. The molecule has 0 aliphatic carbocycles. The van der Waals surface area contributed by atoms with Gasteiger partial charge < -0.3 is 15.4 Å². The SMILES string of the molecule is COC1CCN(c2ccccc2CCN)C(C)C1. The third-order valence-electron chi connectivity index (χ3n) is 3.88. The first-order valence-electron chi connectivity index (χ1n) is 6.83. The van der Waals surface area contributed by atoms with E-state index in [1.54, 1.807) is 0 Å². The maximum absolute atomic E-state index is 5.70. The van der Waals surface area contributed by atoms with E-state index < -0.39 is 0 Å². The van der Waals surface area contributed by atoms with Crippen molar-refractivity contribution in [3.63, 3.8) is 0 Å². The van der Waals surface area contributed by atoms with Crippen LogP contribution in [0.2, 0.25) is 0 Å². The molecule has 2 atom stereocenters. The lowest BCUT2D eigenvalue weighted by molar-refractivity contribution is 0.0721. The zero-order valence-corrected chi connectivity index (χ0v) is 11.4. The summed E-state index contributed by atoms with van der Waals surface area (Å²) in [5, 5.41) is 0. The zero-order valence-electron chi connectivity index (χ0n) is 11.4. The topological polar surface area (TPSA) is 38.5 Å². The first-order valence-corrected chi connectivity index (χ1v) is 6.83. The molecule has 0 aromatic heterocycles. The maximum Gasteiger partial charge on any atom is 0.0607 e. The normalized spacial score (nSPS) is 24.3. The third kappa shape index (κ3) is 2.85. The third-order valence-corrected chi connectivity index (χ3v) is 3.88. The van der Waals surface area contributed by atoms with Crippen molar-refractivity contribution in [2.45, 2.75) is 38.3 Å². The Morgan fingerprint density at radius 3 is 2.83 bits per heavy atom. The van der Waals surface area contributed by atoms with Crippen molar-refractivity contribution in [2.24, 2.45) is 5.73 Å². The van der Waals surface area contributed by atoms with E-state index in [2.05, 4.69) is 36.1 Å². The molecule has 0 spiro atoms. The Bertz CT molecular complexity index is 381. The highest BCUT2D eigenvalue weighted by atomic mass is 16.5. The lowest BCUT2D eigenvalue weighted by Gasteiger charge is -2.39. The molecule has 1 aliphatic rings. The van der Waals surface area contributed by atoms with Crippen molar-refractivity contribution in [2.75, 3.05) is 25.1 Å². The number of piperidine rings is 1. The molecule has 2 N–H and O–H groups in total. The molecule has 2 unspecified atom stereocenters. The van der Waals surface area contributed by atoms with Crippen LogP contribution in [-0.2, 0) is 11.2 Å². The van der Waals surface area contributed by atoms with Gasteiger partial charge in [-0.15, -0.1) is 0 Å². The molecular weight excluding hydrogens is 224 g/mol. The summed E-state index contributed by atoms with van der Waals surface area (Å²) < 4.78 is 5.48. The van der Waals surface area contributed by atoms with E-state index in [1.807, 2.05) is 7.11 Å². The second-order valence-electron chi connectivity index (χ2n) is 5.09. The molecule has 1 aromatic rings. The Morgan fingerprint density at radius 1 is 1.39 bits per heavy atom. The Hall–Kier alpha value is -1.06. The molecule has 1 saturated heterocycles. The fraction of sp³-hybridized carbons (Fsp3) is 0.600. The largest absolute Gasteiger partial charge is 0.381 e. The van der Waals surface area contributed by atoms with Crippen molar-refractivity contribution < 1.29 is 4.74 Å². The number of ether oxygens (including phenoxy) is 1. The molecule has 18 heavy (non-hydrogen) atoms. The molecule has 1 fully saturated rings. The Morgan fingerprint density at radius 2 is 2.17 bits per heavy atom. The number of para-hydroxylation sites is 1. The molecule has 0 bridgehead atoms. The van der Waals surface area contributed by atoms with E-state index in [0.717, 1.165) is 25.8 Å². The predicted molar refractivity (Wildman–Crippen MR) is 76.0 cm³/mol. The summed E-state index contributed by atoms with van der Waals surface area (Å²) in [6.45, 7) is 4.06. The molecule has 1 heterocycles. The van der Waals surface area contributed by atoms with Crippen LogP contribution < -0.4 is 10.6 Å². The van der Waals surface area contributed by atoms with Gasteiger partial charge in [-0.1, -0.05) is 18.2 Å². The number of anilines is 1. The van der Waals surface area contributed by atoms with E-state index in [-0.39, 0.29) is 0 Å². The van der Waals surface area contributed by atoms with E-state index in [1.165, 1.54) is 11.3 Å². The minimum atomic E-state index is 0.415. The van der Waals surface area contributed by atoms with Crippen LogP contribution in [0.25, 0.3) is 0 Å². The summed E-state index contributed by atoms with van der Waals surface area (Å²) in [7, 11) is 1.81. The van der Waals surface area contributed by atoms with Gasteiger partial charge in [0.15, 0.2) is 0 Å². The molecule has 0 saturated carbocycles. The van der Waals surface area contributed by atoms with Crippen LogP contribution in [0.4, 0.5) is 5.69 Å². The molecule has 0 amide bonds. The number of rotatable bonds is 4. The van der Waals surface area contributed by atoms with Gasteiger partial charge in [-0.2, -0.15) is 0 Å². The summed E-state index contributed by atoms with van der Waals surface area (Å²) in [5.41, 5.74) is 8.41. The predicted octanol–water partition coefficient (Wildman–Crippen LogP) is 2.19. The molecule has 1 aromatic carbocycles. The summed E-state index contributed by atoms with van der Waals surface area (Å²) in [5.74, 6) is 0. The van der Waals surface area contributed by atoms with Gasteiger partial charge in [0.2, 0.25) is 0 Å². The van der Waals surface area contributed by atoms with Crippen molar-refractivity contribution in [1.29, 1.82) is 0 Å². The van der Waals surface area contributed by atoms with Gasteiger partial charge >= 0.3 is 0 Å². The maximum atomic E-state index is 5.70. The van der Waals surface area contributed by atoms with Gasteiger partial charge in [-0.05, 0) is 44.4 Å². The van der Waals surface area contributed by atoms with Crippen LogP contribution >= 0.6 is 0 Å². The van der Waals surface area contributed by atoms with Crippen LogP contribution in [0.5, 0.6) is 0 Å². The van der Waals surface area contributed by atoms with Crippen molar-refractivity contribution in [1.82, 2.24) is 0 Å². The average molecular weight is 248 g/mol. The van der Waals surface area contributed by atoms with Gasteiger partial charge in [0.05, 0.1) is 6.10 Å². The lowest BCUT2D eigenvalue weighted by atomic mass is 9.98. The molecule has 100 valence electrons. The van der Waals surface area contributed by atoms with Gasteiger partial charge in [0.25, 0.3) is 0 Å². The molecule has 3 heteroatoms. The number of nitrogens with two attached hydrogens (primary N) is 1. The van der Waals surface area contributed by atoms with Crippen LogP contribution in [0.1, 0.15) is 25.3 Å². The Labute approximate surface area is 110 Å². The first-order chi connectivity index (χ1) is 8.76. The average Bonchev–Trinajstić information content (AvgIpc) is 2.40. The second kappa shape index (κ2) is 6.21. The lowest BCUT2D eigenvalue weighted by Crippen LogP contribution is -2.43. The number of nitrogens with zero attached hydrogens (tertiary/aromatic N) is 1. The molecule has 2 rings (SSSR count). The smallest absolute Gasteiger partial charge is 0.0607 e. The highest BCUT2D eigenvalue weighted by Crippen LogP contribution is 2.28. The van der Waals surface area contributed by atoms with Crippen molar-refractivity contribution >= 4 is 5.69 Å². The monoisotopic (exact) mass is 248 g/mol. The summed E-state index contributed by atoms with van der Waals surface area (Å²) in [4.78, 5) is 2.50. The number of methoxy groups -OCH3 is 1. The van der Waals surface area contributed by atoms with Crippen molar-refractivity contribution in [3.05, 3.63) is 29.8 Å². The van der Waals surface area contributed by atoms with Crippen LogP contribution in [0.3, 0.4) is 0 Å². The van der Waals surface area contributed by atoms with Crippen molar-refractivity contribution in [3.8, 4) is 0 Å². The minimum absolute atomic E-state index is 0.415. The fourth-order valence-corrected chi connectivity index (χ4v) is 2.86. The van der Waals surface area contributed by atoms with Crippen LogP contribution in [0.15, 0.2) is 24.3 Å². The van der Waals surface area contributed by atoms with E-state index in [4.69, 9.17) is 10.5 Å². The Kier molecular flexibility index (Phi) is 4.61. The van der Waals surface area contributed by atoms with E-state index >= 15 is 0 Å². The molecule has 1 aliphatic heterocycles. The number of hydrogen-bond donors (Lipinski definition) is 1.